The second kappa shape index (κ2) is 7.06. The van der Waals surface area contributed by atoms with Crippen LogP contribution in [0.25, 0.3) is 0 Å². The molecular formula is C16H21BrFN3O. The summed E-state index contributed by atoms with van der Waals surface area (Å²) in [5, 5.41) is 3.36. The average molecular weight is 370 g/mol. The predicted molar refractivity (Wildman–Crippen MR) is 87.2 cm³/mol. The van der Waals surface area contributed by atoms with Gasteiger partial charge in [0.1, 0.15) is 5.82 Å². The highest BCUT2D eigenvalue weighted by Crippen LogP contribution is 2.20. The summed E-state index contributed by atoms with van der Waals surface area (Å²) in [7, 11) is 0. The number of carbonyl (C=O) groups excluding carboxylic acids is 1. The van der Waals surface area contributed by atoms with E-state index in [1.807, 2.05) is 4.90 Å². The normalized spacial score (nSPS) is 23.0. The fraction of sp³-hybridized carbons (Fsp3) is 0.562. The van der Waals surface area contributed by atoms with Gasteiger partial charge in [0.15, 0.2) is 0 Å². The Balaban J connectivity index is 1.55. The van der Waals surface area contributed by atoms with Crippen LogP contribution in [0.15, 0.2) is 22.7 Å². The standard InChI is InChI=1S/C16H21BrFN3O/c17-14-9-12(1-2-15(14)18)10-16(22)21-6-3-13(11-21)20-7-4-19-5-8-20/h1-2,9,13,19H,3-8,10-11H2. The molecule has 6 heteroatoms. The summed E-state index contributed by atoms with van der Waals surface area (Å²) in [6.45, 7) is 5.86. The number of carbonyl (C=O) groups is 1. The summed E-state index contributed by atoms with van der Waals surface area (Å²) in [6, 6.07) is 5.27. The van der Waals surface area contributed by atoms with Crippen molar-refractivity contribution in [3.8, 4) is 0 Å². The molecule has 1 atom stereocenters. The van der Waals surface area contributed by atoms with Crippen molar-refractivity contribution < 1.29 is 9.18 Å². The molecule has 1 aromatic carbocycles. The first-order valence-electron chi connectivity index (χ1n) is 7.80. The van der Waals surface area contributed by atoms with E-state index >= 15 is 0 Å². The van der Waals surface area contributed by atoms with Crippen molar-refractivity contribution in [1.82, 2.24) is 15.1 Å². The maximum atomic E-state index is 13.2. The van der Waals surface area contributed by atoms with E-state index in [-0.39, 0.29) is 11.7 Å². The molecule has 1 aromatic rings. The molecule has 2 heterocycles. The van der Waals surface area contributed by atoms with Crippen molar-refractivity contribution in [3.05, 3.63) is 34.1 Å². The topological polar surface area (TPSA) is 35.6 Å². The first-order valence-corrected chi connectivity index (χ1v) is 8.59. The van der Waals surface area contributed by atoms with Gasteiger partial charge >= 0.3 is 0 Å². The molecule has 2 aliphatic rings. The van der Waals surface area contributed by atoms with Crippen LogP contribution in [0.4, 0.5) is 4.39 Å². The molecule has 0 spiro atoms. The summed E-state index contributed by atoms with van der Waals surface area (Å²) in [6.07, 6.45) is 1.39. The van der Waals surface area contributed by atoms with Gasteiger partial charge in [0.05, 0.1) is 10.9 Å². The van der Waals surface area contributed by atoms with Crippen LogP contribution in [0.5, 0.6) is 0 Å². The summed E-state index contributed by atoms with van der Waals surface area (Å²) in [5.74, 6) is -0.160. The van der Waals surface area contributed by atoms with Gasteiger partial charge in [-0.2, -0.15) is 0 Å². The van der Waals surface area contributed by atoms with Gasteiger partial charge in [0.2, 0.25) is 5.91 Å². The van der Waals surface area contributed by atoms with Crippen LogP contribution in [0.1, 0.15) is 12.0 Å². The van der Waals surface area contributed by atoms with Crippen molar-refractivity contribution in [2.45, 2.75) is 18.9 Å². The quantitative estimate of drug-likeness (QED) is 0.879. The number of hydrogen-bond acceptors (Lipinski definition) is 3. The number of likely N-dealkylation sites (tertiary alicyclic amines) is 1. The molecular weight excluding hydrogens is 349 g/mol. The molecule has 4 nitrogen and oxygen atoms in total. The van der Waals surface area contributed by atoms with Gasteiger partial charge in [0, 0.05) is 45.3 Å². The van der Waals surface area contributed by atoms with Crippen LogP contribution in [0, 0.1) is 5.82 Å². The highest BCUT2D eigenvalue weighted by molar-refractivity contribution is 9.10. The highest BCUT2D eigenvalue weighted by atomic mass is 79.9. The van der Waals surface area contributed by atoms with Gasteiger partial charge in [-0.25, -0.2) is 4.39 Å². The van der Waals surface area contributed by atoms with E-state index in [2.05, 4.69) is 26.1 Å². The maximum absolute atomic E-state index is 13.2. The molecule has 0 aliphatic carbocycles. The third-order valence-electron chi connectivity index (χ3n) is 4.52. The Morgan fingerprint density at radius 3 is 2.82 bits per heavy atom. The Bertz CT molecular complexity index is 548. The van der Waals surface area contributed by atoms with Gasteiger partial charge in [-0.3, -0.25) is 9.69 Å². The van der Waals surface area contributed by atoms with Crippen LogP contribution < -0.4 is 5.32 Å². The van der Waals surface area contributed by atoms with Gasteiger partial charge in [-0.05, 0) is 40.0 Å². The average Bonchev–Trinajstić information content (AvgIpc) is 3.02. The van der Waals surface area contributed by atoms with Crippen molar-refractivity contribution in [2.24, 2.45) is 0 Å². The van der Waals surface area contributed by atoms with E-state index in [0.29, 0.717) is 16.9 Å². The number of hydrogen-bond donors (Lipinski definition) is 1. The van der Waals surface area contributed by atoms with Gasteiger partial charge in [-0.15, -0.1) is 0 Å². The fourth-order valence-electron chi connectivity index (χ4n) is 3.25. The number of nitrogens with one attached hydrogen (secondary N) is 1. The number of benzene rings is 1. The summed E-state index contributed by atoms with van der Waals surface area (Å²) in [4.78, 5) is 16.9. The minimum Gasteiger partial charge on any atom is -0.341 e. The fourth-order valence-corrected chi connectivity index (χ4v) is 3.68. The van der Waals surface area contributed by atoms with E-state index < -0.39 is 0 Å². The largest absolute Gasteiger partial charge is 0.341 e. The predicted octanol–water partition coefficient (Wildman–Crippen LogP) is 1.64. The van der Waals surface area contributed by atoms with Crippen molar-refractivity contribution in [2.75, 3.05) is 39.3 Å². The molecule has 2 aliphatic heterocycles. The van der Waals surface area contributed by atoms with Crippen molar-refractivity contribution in [3.63, 3.8) is 0 Å². The Kier molecular flexibility index (Phi) is 5.10. The molecule has 3 rings (SSSR count). The van der Waals surface area contributed by atoms with Gasteiger partial charge in [0.25, 0.3) is 0 Å². The number of halogens is 2. The summed E-state index contributed by atoms with van der Waals surface area (Å²) < 4.78 is 13.7. The van der Waals surface area contributed by atoms with Crippen LogP contribution in [-0.2, 0) is 11.2 Å². The van der Waals surface area contributed by atoms with Crippen LogP contribution in [0.3, 0.4) is 0 Å². The van der Waals surface area contributed by atoms with E-state index in [1.165, 1.54) is 6.07 Å². The van der Waals surface area contributed by atoms with E-state index in [4.69, 9.17) is 0 Å². The highest BCUT2D eigenvalue weighted by Gasteiger charge is 2.30. The lowest BCUT2D eigenvalue weighted by molar-refractivity contribution is -0.129. The van der Waals surface area contributed by atoms with E-state index in [9.17, 15) is 9.18 Å². The zero-order valence-corrected chi connectivity index (χ0v) is 14.1. The molecule has 0 radical (unpaired) electrons. The Morgan fingerprint density at radius 1 is 1.32 bits per heavy atom. The number of piperazine rings is 1. The lowest BCUT2D eigenvalue weighted by Gasteiger charge is -2.32. The van der Waals surface area contributed by atoms with Crippen molar-refractivity contribution in [1.29, 1.82) is 0 Å². The molecule has 0 saturated carbocycles. The number of nitrogens with zero attached hydrogens (tertiary/aromatic N) is 2. The maximum Gasteiger partial charge on any atom is 0.227 e. The molecule has 1 amide bonds. The molecule has 120 valence electrons. The van der Waals surface area contributed by atoms with Gasteiger partial charge in [-0.1, -0.05) is 6.07 Å². The smallest absolute Gasteiger partial charge is 0.227 e. The molecule has 0 aromatic heterocycles. The third-order valence-corrected chi connectivity index (χ3v) is 5.13. The Morgan fingerprint density at radius 2 is 2.09 bits per heavy atom. The Labute approximate surface area is 138 Å². The first-order chi connectivity index (χ1) is 10.6. The second-order valence-electron chi connectivity index (χ2n) is 5.99. The second-order valence-corrected chi connectivity index (χ2v) is 6.85. The third kappa shape index (κ3) is 3.67. The number of amides is 1. The lowest BCUT2D eigenvalue weighted by Crippen LogP contribution is -2.49. The molecule has 22 heavy (non-hydrogen) atoms. The molecule has 2 fully saturated rings. The zero-order chi connectivity index (χ0) is 15.5. The van der Waals surface area contributed by atoms with Crippen molar-refractivity contribution >= 4 is 21.8 Å². The van der Waals surface area contributed by atoms with E-state index in [1.54, 1.807) is 12.1 Å². The zero-order valence-electron chi connectivity index (χ0n) is 12.5. The van der Waals surface area contributed by atoms with Crippen LogP contribution >= 0.6 is 15.9 Å². The molecule has 1 N–H and O–H groups in total. The summed E-state index contributed by atoms with van der Waals surface area (Å²) in [5.41, 5.74) is 0.851. The van der Waals surface area contributed by atoms with Crippen LogP contribution in [0.2, 0.25) is 0 Å². The monoisotopic (exact) mass is 369 g/mol. The molecule has 2 saturated heterocycles. The molecule has 0 bridgehead atoms. The van der Waals surface area contributed by atoms with E-state index in [0.717, 1.165) is 51.3 Å². The SMILES string of the molecule is O=C(Cc1ccc(F)c(Br)c1)N1CCC(N2CCNCC2)C1. The number of rotatable bonds is 3. The minimum absolute atomic E-state index is 0.135. The van der Waals surface area contributed by atoms with Crippen LogP contribution in [-0.4, -0.2) is 61.0 Å². The van der Waals surface area contributed by atoms with Gasteiger partial charge < -0.3 is 10.2 Å². The molecule has 1 unspecified atom stereocenters. The minimum atomic E-state index is -0.295. The first kappa shape index (κ1) is 15.9. The Hall–Kier alpha value is -0.980. The lowest BCUT2D eigenvalue weighted by atomic mass is 10.1. The summed E-state index contributed by atoms with van der Waals surface area (Å²) >= 11 is 3.17.